The van der Waals surface area contributed by atoms with Gasteiger partial charge in [0.2, 0.25) is 0 Å². The summed E-state index contributed by atoms with van der Waals surface area (Å²) in [6.07, 6.45) is 6.27. The molecule has 1 aromatic carbocycles. The van der Waals surface area contributed by atoms with Gasteiger partial charge in [-0.2, -0.15) is 0 Å². The van der Waals surface area contributed by atoms with E-state index in [4.69, 9.17) is 9.47 Å². The van der Waals surface area contributed by atoms with Gasteiger partial charge in [0.15, 0.2) is 0 Å². The van der Waals surface area contributed by atoms with Crippen LogP contribution in [-0.4, -0.2) is 48.8 Å². The van der Waals surface area contributed by atoms with Gasteiger partial charge in [0.1, 0.15) is 12.4 Å². The molecule has 2 aromatic rings. The van der Waals surface area contributed by atoms with Gasteiger partial charge >= 0.3 is 0 Å². The smallest absolute Gasteiger partial charge is 0.119 e. The minimum atomic E-state index is 0.261. The monoisotopic (exact) mass is 353 g/mol. The van der Waals surface area contributed by atoms with Crippen molar-refractivity contribution in [2.45, 2.75) is 31.5 Å². The molecule has 0 radical (unpaired) electrons. The number of ether oxygens (including phenoxy) is 2. The molecule has 0 bridgehead atoms. The standard InChI is InChI=1S/C21H27N3O2/c1-2-20(25-13-1)16-26-19-5-3-17(4-6-19)15-24-12-11-23-14-21(24)18-7-9-22-10-8-18/h3-10,20-21,23H,1-2,11-16H2. The second-order valence-electron chi connectivity index (χ2n) is 7.06. The first-order valence-corrected chi connectivity index (χ1v) is 9.56. The van der Waals surface area contributed by atoms with E-state index in [0.717, 1.165) is 51.4 Å². The predicted octanol–water partition coefficient (Wildman–Crippen LogP) is 2.79. The van der Waals surface area contributed by atoms with E-state index in [1.165, 1.54) is 11.1 Å². The molecule has 0 aliphatic carbocycles. The van der Waals surface area contributed by atoms with E-state index in [0.29, 0.717) is 12.6 Å². The first kappa shape index (κ1) is 17.5. The third kappa shape index (κ3) is 4.41. The maximum absolute atomic E-state index is 5.87. The highest BCUT2D eigenvalue weighted by atomic mass is 16.5. The Morgan fingerprint density at radius 1 is 1.15 bits per heavy atom. The lowest BCUT2D eigenvalue weighted by Crippen LogP contribution is -2.45. The zero-order valence-corrected chi connectivity index (χ0v) is 15.1. The van der Waals surface area contributed by atoms with Crippen molar-refractivity contribution >= 4 is 0 Å². The average Bonchev–Trinajstić information content (AvgIpc) is 3.22. The minimum absolute atomic E-state index is 0.261. The maximum Gasteiger partial charge on any atom is 0.119 e. The first-order valence-electron chi connectivity index (χ1n) is 9.56. The lowest BCUT2D eigenvalue weighted by Gasteiger charge is -2.36. The van der Waals surface area contributed by atoms with Gasteiger partial charge < -0.3 is 14.8 Å². The zero-order valence-electron chi connectivity index (χ0n) is 15.1. The van der Waals surface area contributed by atoms with Crippen molar-refractivity contribution in [1.82, 2.24) is 15.2 Å². The van der Waals surface area contributed by atoms with Crippen molar-refractivity contribution < 1.29 is 9.47 Å². The van der Waals surface area contributed by atoms with Crippen LogP contribution in [0.4, 0.5) is 0 Å². The lowest BCUT2D eigenvalue weighted by molar-refractivity contribution is 0.0679. The van der Waals surface area contributed by atoms with Crippen molar-refractivity contribution in [3.63, 3.8) is 0 Å². The van der Waals surface area contributed by atoms with Gasteiger partial charge in [0.05, 0.1) is 6.10 Å². The van der Waals surface area contributed by atoms with E-state index in [2.05, 4.69) is 51.6 Å². The number of nitrogens with zero attached hydrogens (tertiary/aromatic N) is 2. The molecule has 2 aliphatic heterocycles. The molecule has 2 atom stereocenters. The van der Waals surface area contributed by atoms with E-state index in [-0.39, 0.29) is 6.10 Å². The third-order valence-electron chi connectivity index (χ3n) is 5.21. The molecular formula is C21H27N3O2. The summed E-state index contributed by atoms with van der Waals surface area (Å²) in [5.41, 5.74) is 2.64. The zero-order chi connectivity index (χ0) is 17.6. The first-order chi connectivity index (χ1) is 12.9. The highest BCUT2D eigenvalue weighted by molar-refractivity contribution is 5.28. The van der Waals surface area contributed by atoms with Crippen LogP contribution in [0, 0.1) is 0 Å². The Bertz CT molecular complexity index is 671. The van der Waals surface area contributed by atoms with Gasteiger partial charge in [0.25, 0.3) is 0 Å². The Balaban J connectivity index is 1.36. The molecule has 4 rings (SSSR count). The van der Waals surface area contributed by atoms with Crippen LogP contribution in [0.3, 0.4) is 0 Å². The molecule has 5 nitrogen and oxygen atoms in total. The molecule has 5 heteroatoms. The number of hydrogen-bond acceptors (Lipinski definition) is 5. The van der Waals surface area contributed by atoms with Crippen LogP contribution in [0.1, 0.15) is 30.0 Å². The molecular weight excluding hydrogens is 326 g/mol. The largest absolute Gasteiger partial charge is 0.491 e. The van der Waals surface area contributed by atoms with Crippen molar-refractivity contribution in [3.05, 3.63) is 59.9 Å². The van der Waals surface area contributed by atoms with Crippen LogP contribution in [-0.2, 0) is 11.3 Å². The maximum atomic E-state index is 5.87. The molecule has 2 saturated heterocycles. The summed E-state index contributed by atoms with van der Waals surface area (Å²) in [4.78, 5) is 6.68. The Morgan fingerprint density at radius 3 is 2.77 bits per heavy atom. The molecule has 3 heterocycles. The molecule has 0 spiro atoms. The fourth-order valence-electron chi connectivity index (χ4n) is 3.74. The number of nitrogens with one attached hydrogen (secondary N) is 1. The second kappa shape index (κ2) is 8.62. The van der Waals surface area contributed by atoms with Crippen LogP contribution in [0.2, 0.25) is 0 Å². The number of aromatic nitrogens is 1. The van der Waals surface area contributed by atoms with E-state index in [1.807, 2.05) is 12.4 Å². The number of piperazine rings is 1. The molecule has 1 aromatic heterocycles. The van der Waals surface area contributed by atoms with Crippen molar-refractivity contribution in [1.29, 1.82) is 0 Å². The molecule has 1 N–H and O–H groups in total. The van der Waals surface area contributed by atoms with Gasteiger partial charge in [-0.1, -0.05) is 12.1 Å². The summed E-state index contributed by atoms with van der Waals surface area (Å²) in [5.74, 6) is 0.926. The van der Waals surface area contributed by atoms with Crippen LogP contribution < -0.4 is 10.1 Å². The number of rotatable bonds is 6. The quantitative estimate of drug-likeness (QED) is 0.865. The van der Waals surface area contributed by atoms with Gasteiger partial charge in [-0.15, -0.1) is 0 Å². The summed E-state index contributed by atoms with van der Waals surface area (Å²) >= 11 is 0. The number of benzene rings is 1. The fourth-order valence-corrected chi connectivity index (χ4v) is 3.74. The molecule has 2 aliphatic rings. The van der Waals surface area contributed by atoms with Gasteiger partial charge in [0, 0.05) is 51.2 Å². The Kier molecular flexibility index (Phi) is 5.79. The van der Waals surface area contributed by atoms with E-state index in [9.17, 15) is 0 Å². The normalized spacial score (nSPS) is 23.8. The lowest BCUT2D eigenvalue weighted by atomic mass is 10.0. The number of pyridine rings is 1. The van der Waals surface area contributed by atoms with Crippen molar-refractivity contribution in [3.8, 4) is 5.75 Å². The van der Waals surface area contributed by atoms with Crippen molar-refractivity contribution in [2.75, 3.05) is 32.8 Å². The van der Waals surface area contributed by atoms with E-state index in [1.54, 1.807) is 0 Å². The molecule has 0 saturated carbocycles. The van der Waals surface area contributed by atoms with Crippen LogP contribution in [0.15, 0.2) is 48.8 Å². The summed E-state index contributed by atoms with van der Waals surface area (Å²) in [5, 5.41) is 3.51. The summed E-state index contributed by atoms with van der Waals surface area (Å²) in [7, 11) is 0. The Labute approximate surface area is 155 Å². The van der Waals surface area contributed by atoms with Crippen LogP contribution in [0.5, 0.6) is 5.75 Å². The SMILES string of the molecule is c1cc(C2CNCCN2Cc2ccc(OCC3CCCO3)cc2)ccn1. The van der Waals surface area contributed by atoms with E-state index >= 15 is 0 Å². The Hall–Kier alpha value is -1.95. The summed E-state index contributed by atoms with van der Waals surface area (Å²) in [6, 6.07) is 13.1. The molecule has 2 fully saturated rings. The van der Waals surface area contributed by atoms with Crippen LogP contribution in [0.25, 0.3) is 0 Å². The van der Waals surface area contributed by atoms with E-state index < -0.39 is 0 Å². The highest BCUT2D eigenvalue weighted by Crippen LogP contribution is 2.24. The van der Waals surface area contributed by atoms with Gasteiger partial charge in [-0.25, -0.2) is 0 Å². The topological polar surface area (TPSA) is 46.6 Å². The van der Waals surface area contributed by atoms with Crippen LogP contribution >= 0.6 is 0 Å². The van der Waals surface area contributed by atoms with Crippen molar-refractivity contribution in [2.24, 2.45) is 0 Å². The van der Waals surface area contributed by atoms with Gasteiger partial charge in [-0.05, 0) is 48.2 Å². The molecule has 138 valence electrons. The average molecular weight is 353 g/mol. The molecule has 2 unspecified atom stereocenters. The molecule has 26 heavy (non-hydrogen) atoms. The predicted molar refractivity (Wildman–Crippen MR) is 101 cm³/mol. The molecule has 0 amide bonds. The Morgan fingerprint density at radius 2 is 2.00 bits per heavy atom. The minimum Gasteiger partial charge on any atom is -0.491 e. The number of hydrogen-bond donors (Lipinski definition) is 1. The fraction of sp³-hybridized carbons (Fsp3) is 0.476. The third-order valence-corrected chi connectivity index (χ3v) is 5.21. The summed E-state index contributed by atoms with van der Waals surface area (Å²) < 4.78 is 11.5. The summed E-state index contributed by atoms with van der Waals surface area (Å²) in [6.45, 7) is 5.53. The highest BCUT2D eigenvalue weighted by Gasteiger charge is 2.23. The second-order valence-corrected chi connectivity index (χ2v) is 7.06. The van der Waals surface area contributed by atoms with Gasteiger partial charge in [-0.3, -0.25) is 9.88 Å².